The SMILES string of the molecule is CCCn1nccc1CNC1CCN(C(=O)OC(C)(C)C)C1. The number of nitrogens with zero attached hydrogens (tertiary/aromatic N) is 3. The van der Waals surface area contributed by atoms with Crippen LogP contribution in [0.25, 0.3) is 0 Å². The lowest BCUT2D eigenvalue weighted by Crippen LogP contribution is -2.38. The van der Waals surface area contributed by atoms with Gasteiger partial charge in [-0.15, -0.1) is 0 Å². The van der Waals surface area contributed by atoms with Gasteiger partial charge in [0.1, 0.15) is 5.60 Å². The molecule has 6 heteroatoms. The summed E-state index contributed by atoms with van der Waals surface area (Å²) in [6, 6.07) is 2.36. The first kappa shape index (κ1) is 16.8. The molecule has 0 spiro atoms. The third-order valence-corrected chi connectivity index (χ3v) is 3.65. The molecule has 1 unspecified atom stereocenters. The monoisotopic (exact) mass is 308 g/mol. The van der Waals surface area contributed by atoms with Gasteiger partial charge in [-0.25, -0.2) is 4.79 Å². The van der Waals surface area contributed by atoms with Crippen molar-refractivity contribution < 1.29 is 9.53 Å². The van der Waals surface area contributed by atoms with Gasteiger partial charge in [0.25, 0.3) is 0 Å². The third-order valence-electron chi connectivity index (χ3n) is 3.65. The molecule has 1 amide bonds. The standard InChI is InChI=1S/C16H28N4O2/c1-5-9-20-14(6-8-18-20)11-17-13-7-10-19(12-13)15(21)22-16(2,3)4/h6,8,13,17H,5,7,9-12H2,1-4H3. The highest BCUT2D eigenvalue weighted by molar-refractivity contribution is 5.68. The zero-order valence-corrected chi connectivity index (χ0v) is 14.1. The average molecular weight is 308 g/mol. The molecule has 22 heavy (non-hydrogen) atoms. The van der Waals surface area contributed by atoms with Crippen molar-refractivity contribution in [1.82, 2.24) is 20.0 Å². The van der Waals surface area contributed by atoms with Crippen LogP contribution in [0.1, 0.15) is 46.2 Å². The first-order chi connectivity index (χ1) is 10.4. The summed E-state index contributed by atoms with van der Waals surface area (Å²) >= 11 is 0. The Morgan fingerprint density at radius 3 is 2.95 bits per heavy atom. The van der Waals surface area contributed by atoms with Gasteiger partial charge < -0.3 is 15.0 Å². The van der Waals surface area contributed by atoms with E-state index in [2.05, 4.69) is 17.3 Å². The molecule has 1 aliphatic heterocycles. The van der Waals surface area contributed by atoms with Crippen molar-refractivity contribution in [2.24, 2.45) is 0 Å². The molecule has 1 fully saturated rings. The summed E-state index contributed by atoms with van der Waals surface area (Å²) in [5.74, 6) is 0. The fraction of sp³-hybridized carbons (Fsp3) is 0.750. The molecule has 0 radical (unpaired) electrons. The maximum atomic E-state index is 12.0. The van der Waals surface area contributed by atoms with Gasteiger partial charge in [-0.3, -0.25) is 4.68 Å². The number of nitrogens with one attached hydrogen (secondary N) is 1. The number of hydrogen-bond donors (Lipinski definition) is 1. The largest absolute Gasteiger partial charge is 0.444 e. The smallest absolute Gasteiger partial charge is 0.410 e. The van der Waals surface area contributed by atoms with E-state index in [-0.39, 0.29) is 6.09 Å². The van der Waals surface area contributed by atoms with E-state index < -0.39 is 5.60 Å². The van der Waals surface area contributed by atoms with Gasteiger partial charge in [-0.1, -0.05) is 6.92 Å². The summed E-state index contributed by atoms with van der Waals surface area (Å²) in [6.07, 6.45) is 3.66. The fourth-order valence-electron chi connectivity index (χ4n) is 2.59. The van der Waals surface area contributed by atoms with Crippen molar-refractivity contribution in [2.45, 2.75) is 65.3 Å². The van der Waals surface area contributed by atoms with E-state index in [1.54, 1.807) is 4.90 Å². The zero-order valence-electron chi connectivity index (χ0n) is 14.1. The second-order valence-corrected chi connectivity index (χ2v) is 6.84. The normalized spacial score (nSPS) is 18.7. The van der Waals surface area contributed by atoms with Gasteiger partial charge in [0.2, 0.25) is 0 Å². The van der Waals surface area contributed by atoms with E-state index in [1.165, 1.54) is 5.69 Å². The molecule has 2 rings (SSSR count). The average Bonchev–Trinajstić information content (AvgIpc) is 3.03. The molecular weight excluding hydrogens is 280 g/mol. The van der Waals surface area contributed by atoms with Crippen molar-refractivity contribution in [3.63, 3.8) is 0 Å². The Labute approximate surface area is 132 Å². The van der Waals surface area contributed by atoms with Crippen LogP contribution >= 0.6 is 0 Å². The molecule has 1 aromatic rings. The Bertz CT molecular complexity index is 493. The molecule has 1 saturated heterocycles. The number of carbonyl (C=O) groups excluding carboxylic acids is 1. The van der Waals surface area contributed by atoms with Gasteiger partial charge in [0.05, 0.1) is 5.69 Å². The number of aryl methyl sites for hydroxylation is 1. The second-order valence-electron chi connectivity index (χ2n) is 6.84. The number of hydrogen-bond acceptors (Lipinski definition) is 4. The summed E-state index contributed by atoms with van der Waals surface area (Å²) in [6.45, 7) is 11.0. The zero-order chi connectivity index (χ0) is 16.2. The lowest BCUT2D eigenvalue weighted by Gasteiger charge is -2.24. The Hall–Kier alpha value is -1.56. The lowest BCUT2D eigenvalue weighted by molar-refractivity contribution is 0.0291. The highest BCUT2D eigenvalue weighted by Crippen LogP contribution is 2.15. The molecule has 1 N–H and O–H groups in total. The lowest BCUT2D eigenvalue weighted by atomic mass is 10.2. The van der Waals surface area contributed by atoms with Gasteiger partial charge in [0.15, 0.2) is 0 Å². The molecule has 0 aliphatic carbocycles. The minimum atomic E-state index is -0.435. The van der Waals surface area contributed by atoms with E-state index in [0.29, 0.717) is 12.6 Å². The molecular formula is C16H28N4O2. The Kier molecular flexibility index (Phi) is 5.45. The Morgan fingerprint density at radius 2 is 2.27 bits per heavy atom. The highest BCUT2D eigenvalue weighted by Gasteiger charge is 2.29. The molecule has 1 aromatic heterocycles. The highest BCUT2D eigenvalue weighted by atomic mass is 16.6. The van der Waals surface area contributed by atoms with Gasteiger partial charge in [-0.05, 0) is 39.7 Å². The molecule has 0 saturated carbocycles. The number of carbonyl (C=O) groups is 1. The van der Waals surface area contributed by atoms with Crippen LogP contribution in [0.15, 0.2) is 12.3 Å². The minimum absolute atomic E-state index is 0.215. The quantitative estimate of drug-likeness (QED) is 0.907. The molecule has 2 heterocycles. The first-order valence-corrected chi connectivity index (χ1v) is 8.11. The number of likely N-dealkylation sites (tertiary alicyclic amines) is 1. The van der Waals surface area contributed by atoms with E-state index in [0.717, 1.165) is 32.5 Å². The van der Waals surface area contributed by atoms with Crippen LogP contribution in [0.2, 0.25) is 0 Å². The maximum absolute atomic E-state index is 12.0. The molecule has 124 valence electrons. The fourth-order valence-corrected chi connectivity index (χ4v) is 2.59. The van der Waals surface area contributed by atoms with E-state index in [1.807, 2.05) is 37.7 Å². The number of rotatable bonds is 5. The minimum Gasteiger partial charge on any atom is -0.444 e. The number of ether oxygens (including phenoxy) is 1. The number of amides is 1. The Morgan fingerprint density at radius 1 is 1.50 bits per heavy atom. The summed E-state index contributed by atoms with van der Waals surface area (Å²) in [7, 11) is 0. The van der Waals surface area contributed by atoms with Crippen LogP contribution in [0.3, 0.4) is 0 Å². The summed E-state index contributed by atoms with van der Waals surface area (Å²) in [5, 5.41) is 7.85. The topological polar surface area (TPSA) is 59.4 Å². The molecule has 6 nitrogen and oxygen atoms in total. The predicted octanol–water partition coefficient (Wildman–Crippen LogP) is 2.39. The summed E-state index contributed by atoms with van der Waals surface area (Å²) in [4.78, 5) is 13.8. The number of aromatic nitrogens is 2. The summed E-state index contributed by atoms with van der Waals surface area (Å²) < 4.78 is 7.45. The van der Waals surface area contributed by atoms with E-state index in [4.69, 9.17) is 4.74 Å². The van der Waals surface area contributed by atoms with Crippen LogP contribution in [0, 0.1) is 0 Å². The summed E-state index contributed by atoms with van der Waals surface area (Å²) in [5.41, 5.74) is 0.757. The van der Waals surface area contributed by atoms with Crippen molar-refractivity contribution in [3.05, 3.63) is 18.0 Å². The molecule has 0 bridgehead atoms. The van der Waals surface area contributed by atoms with Crippen molar-refractivity contribution in [1.29, 1.82) is 0 Å². The first-order valence-electron chi connectivity index (χ1n) is 8.11. The molecule has 0 aromatic carbocycles. The molecule has 1 atom stereocenters. The van der Waals surface area contributed by atoms with Crippen molar-refractivity contribution in [2.75, 3.05) is 13.1 Å². The van der Waals surface area contributed by atoms with Gasteiger partial charge in [0, 0.05) is 38.4 Å². The van der Waals surface area contributed by atoms with E-state index in [9.17, 15) is 4.79 Å². The van der Waals surface area contributed by atoms with Crippen molar-refractivity contribution >= 4 is 6.09 Å². The van der Waals surface area contributed by atoms with Gasteiger partial charge in [-0.2, -0.15) is 5.10 Å². The second kappa shape index (κ2) is 7.13. The van der Waals surface area contributed by atoms with Crippen LogP contribution in [-0.4, -0.2) is 45.5 Å². The maximum Gasteiger partial charge on any atom is 0.410 e. The van der Waals surface area contributed by atoms with Crippen LogP contribution in [0.5, 0.6) is 0 Å². The predicted molar refractivity (Wildman–Crippen MR) is 85.6 cm³/mol. The van der Waals surface area contributed by atoms with Crippen molar-refractivity contribution in [3.8, 4) is 0 Å². The van der Waals surface area contributed by atoms with Crippen LogP contribution < -0.4 is 5.32 Å². The third kappa shape index (κ3) is 4.73. The van der Waals surface area contributed by atoms with E-state index >= 15 is 0 Å². The van der Waals surface area contributed by atoms with Gasteiger partial charge >= 0.3 is 6.09 Å². The van der Waals surface area contributed by atoms with Crippen LogP contribution in [0.4, 0.5) is 4.79 Å². The Balaban J connectivity index is 1.79. The molecule has 1 aliphatic rings. The van der Waals surface area contributed by atoms with Crippen LogP contribution in [-0.2, 0) is 17.8 Å².